The van der Waals surface area contributed by atoms with Crippen molar-refractivity contribution in [3.63, 3.8) is 0 Å². The van der Waals surface area contributed by atoms with E-state index < -0.39 is 5.41 Å². The zero-order valence-corrected chi connectivity index (χ0v) is 8.91. The van der Waals surface area contributed by atoms with Crippen molar-refractivity contribution in [1.29, 1.82) is 0 Å². The van der Waals surface area contributed by atoms with Crippen LogP contribution in [-0.2, 0) is 9.59 Å². The van der Waals surface area contributed by atoms with Gasteiger partial charge in [-0.15, -0.1) is 0 Å². The van der Waals surface area contributed by atoms with Gasteiger partial charge in [-0.1, -0.05) is 20.8 Å². The minimum Gasteiger partial charge on any atom is -0.394 e. The summed E-state index contributed by atoms with van der Waals surface area (Å²) < 4.78 is 0. The van der Waals surface area contributed by atoms with Crippen LogP contribution in [0.4, 0.5) is 0 Å². The Morgan fingerprint density at radius 3 is 2.36 bits per heavy atom. The van der Waals surface area contributed by atoms with E-state index in [-0.39, 0.29) is 30.9 Å². The second-order valence-corrected chi connectivity index (χ2v) is 4.37. The number of rotatable bonds is 3. The average molecular weight is 199 g/mol. The van der Waals surface area contributed by atoms with E-state index in [1.807, 2.05) is 6.92 Å². The van der Waals surface area contributed by atoms with Gasteiger partial charge in [0.15, 0.2) is 0 Å². The molecule has 0 aromatic heterocycles. The number of nitrogens with zero attached hydrogens (tertiary/aromatic N) is 1. The molecule has 0 bridgehead atoms. The second-order valence-electron chi connectivity index (χ2n) is 4.37. The summed E-state index contributed by atoms with van der Waals surface area (Å²) in [6.07, 6.45) is 0.854. The number of hydrogen-bond donors (Lipinski definition) is 1. The van der Waals surface area contributed by atoms with E-state index in [0.29, 0.717) is 6.42 Å². The van der Waals surface area contributed by atoms with E-state index in [9.17, 15) is 9.59 Å². The minimum absolute atomic E-state index is 0.149. The number of imide groups is 1. The molecule has 4 heteroatoms. The predicted molar refractivity (Wildman–Crippen MR) is 51.4 cm³/mol. The van der Waals surface area contributed by atoms with Gasteiger partial charge in [0.05, 0.1) is 18.1 Å². The van der Waals surface area contributed by atoms with Gasteiger partial charge in [0.2, 0.25) is 11.8 Å². The standard InChI is InChI=1S/C10H17NO3/c1-4-7(6-12)11-8(13)5-10(2,3)9(11)14/h7,12H,4-6H2,1-3H3/t7-/m0/s1. The molecule has 1 heterocycles. The molecule has 80 valence electrons. The summed E-state index contributed by atoms with van der Waals surface area (Å²) in [6.45, 7) is 5.23. The normalized spacial score (nSPS) is 23.0. The Morgan fingerprint density at radius 1 is 1.50 bits per heavy atom. The number of carbonyl (C=O) groups excluding carboxylic acids is 2. The van der Waals surface area contributed by atoms with Gasteiger partial charge in [0.1, 0.15) is 0 Å². The summed E-state index contributed by atoms with van der Waals surface area (Å²) in [6, 6.07) is -0.350. The van der Waals surface area contributed by atoms with E-state index in [0.717, 1.165) is 0 Å². The Bertz CT molecular complexity index is 256. The molecule has 1 N–H and O–H groups in total. The first kappa shape index (κ1) is 11.2. The van der Waals surface area contributed by atoms with E-state index in [4.69, 9.17) is 5.11 Å². The van der Waals surface area contributed by atoms with E-state index >= 15 is 0 Å². The van der Waals surface area contributed by atoms with Crippen LogP contribution in [0.3, 0.4) is 0 Å². The van der Waals surface area contributed by atoms with Crippen molar-refractivity contribution in [2.24, 2.45) is 5.41 Å². The van der Waals surface area contributed by atoms with Gasteiger partial charge in [0.25, 0.3) is 0 Å². The number of aliphatic hydroxyl groups excluding tert-OH is 1. The molecule has 1 saturated heterocycles. The van der Waals surface area contributed by atoms with Crippen LogP contribution in [0, 0.1) is 5.41 Å². The number of likely N-dealkylation sites (tertiary alicyclic amines) is 1. The molecule has 0 aromatic carbocycles. The summed E-state index contributed by atoms with van der Waals surface area (Å²) in [5.41, 5.74) is -0.598. The zero-order chi connectivity index (χ0) is 10.9. The van der Waals surface area contributed by atoms with E-state index in [1.54, 1.807) is 13.8 Å². The maximum atomic E-state index is 11.8. The molecule has 1 aliphatic heterocycles. The van der Waals surface area contributed by atoms with Crippen molar-refractivity contribution in [2.45, 2.75) is 39.7 Å². The van der Waals surface area contributed by atoms with Gasteiger partial charge in [-0.05, 0) is 6.42 Å². The Kier molecular flexibility index (Phi) is 2.95. The highest BCUT2D eigenvalue weighted by Gasteiger charge is 2.46. The lowest BCUT2D eigenvalue weighted by Gasteiger charge is -2.24. The van der Waals surface area contributed by atoms with Crippen molar-refractivity contribution < 1.29 is 14.7 Å². The van der Waals surface area contributed by atoms with Gasteiger partial charge >= 0.3 is 0 Å². The van der Waals surface area contributed by atoms with Crippen LogP contribution >= 0.6 is 0 Å². The third kappa shape index (κ3) is 1.66. The minimum atomic E-state index is -0.598. The van der Waals surface area contributed by atoms with Gasteiger partial charge < -0.3 is 5.11 Å². The maximum Gasteiger partial charge on any atom is 0.235 e. The molecule has 4 nitrogen and oxygen atoms in total. The number of hydrogen-bond acceptors (Lipinski definition) is 3. The predicted octanol–water partition coefficient (Wildman–Crippen LogP) is 0.542. The molecule has 0 unspecified atom stereocenters. The molecule has 1 aliphatic rings. The van der Waals surface area contributed by atoms with Crippen LogP contribution in [0.25, 0.3) is 0 Å². The number of aliphatic hydroxyl groups is 1. The molecule has 1 rings (SSSR count). The second kappa shape index (κ2) is 3.69. The average Bonchev–Trinajstić information content (AvgIpc) is 2.29. The molecule has 2 amide bonds. The van der Waals surface area contributed by atoms with Crippen LogP contribution in [0.15, 0.2) is 0 Å². The van der Waals surface area contributed by atoms with Gasteiger partial charge in [-0.3, -0.25) is 14.5 Å². The SMILES string of the molecule is CC[C@@H](CO)N1C(=O)CC(C)(C)C1=O. The zero-order valence-electron chi connectivity index (χ0n) is 8.91. The molecular weight excluding hydrogens is 182 g/mol. The fraction of sp³-hybridized carbons (Fsp3) is 0.800. The van der Waals surface area contributed by atoms with Crippen LogP contribution in [-0.4, -0.2) is 34.5 Å². The lowest BCUT2D eigenvalue weighted by atomic mass is 9.92. The first-order valence-electron chi connectivity index (χ1n) is 4.91. The fourth-order valence-corrected chi connectivity index (χ4v) is 1.74. The van der Waals surface area contributed by atoms with Crippen LogP contribution < -0.4 is 0 Å². The van der Waals surface area contributed by atoms with Crippen LogP contribution in [0.2, 0.25) is 0 Å². The Labute approximate surface area is 83.9 Å². The largest absolute Gasteiger partial charge is 0.394 e. The Morgan fingerprint density at radius 2 is 2.07 bits per heavy atom. The third-order valence-corrected chi connectivity index (χ3v) is 2.71. The van der Waals surface area contributed by atoms with Crippen molar-refractivity contribution in [3.05, 3.63) is 0 Å². The lowest BCUT2D eigenvalue weighted by Crippen LogP contribution is -2.43. The maximum absolute atomic E-state index is 11.8. The van der Waals surface area contributed by atoms with E-state index in [1.165, 1.54) is 4.90 Å². The highest BCUT2D eigenvalue weighted by atomic mass is 16.3. The highest BCUT2D eigenvalue weighted by molar-refractivity contribution is 6.05. The Balaban J connectivity index is 2.90. The molecule has 1 fully saturated rings. The van der Waals surface area contributed by atoms with Crippen LogP contribution in [0.5, 0.6) is 0 Å². The van der Waals surface area contributed by atoms with Crippen LogP contribution in [0.1, 0.15) is 33.6 Å². The van der Waals surface area contributed by atoms with Gasteiger partial charge in [-0.2, -0.15) is 0 Å². The number of amides is 2. The van der Waals surface area contributed by atoms with E-state index in [2.05, 4.69) is 0 Å². The molecular formula is C10H17NO3. The molecule has 0 aliphatic carbocycles. The summed E-state index contributed by atoms with van der Waals surface area (Å²) in [5.74, 6) is -0.329. The molecule has 1 atom stereocenters. The molecule has 0 aromatic rings. The van der Waals surface area contributed by atoms with Gasteiger partial charge in [-0.25, -0.2) is 0 Å². The van der Waals surface area contributed by atoms with Crippen molar-refractivity contribution in [3.8, 4) is 0 Å². The van der Waals surface area contributed by atoms with Crippen molar-refractivity contribution >= 4 is 11.8 Å². The highest BCUT2D eigenvalue weighted by Crippen LogP contribution is 2.33. The summed E-state index contributed by atoms with van der Waals surface area (Å²) in [5, 5.41) is 9.05. The lowest BCUT2D eigenvalue weighted by molar-refractivity contribution is -0.144. The topological polar surface area (TPSA) is 57.6 Å². The van der Waals surface area contributed by atoms with Crippen molar-refractivity contribution in [1.82, 2.24) is 4.90 Å². The monoisotopic (exact) mass is 199 g/mol. The molecule has 0 radical (unpaired) electrons. The molecule has 0 spiro atoms. The summed E-state index contributed by atoms with van der Waals surface area (Å²) in [4.78, 5) is 24.6. The Hall–Kier alpha value is -0.900. The first-order valence-corrected chi connectivity index (χ1v) is 4.91. The molecule has 0 saturated carbocycles. The quantitative estimate of drug-likeness (QED) is 0.675. The smallest absolute Gasteiger partial charge is 0.235 e. The fourth-order valence-electron chi connectivity index (χ4n) is 1.74. The number of carbonyl (C=O) groups is 2. The third-order valence-electron chi connectivity index (χ3n) is 2.71. The summed E-state index contributed by atoms with van der Waals surface area (Å²) >= 11 is 0. The molecule has 14 heavy (non-hydrogen) atoms. The van der Waals surface area contributed by atoms with Gasteiger partial charge in [0, 0.05) is 6.42 Å². The van der Waals surface area contributed by atoms with Crippen molar-refractivity contribution in [2.75, 3.05) is 6.61 Å². The summed E-state index contributed by atoms with van der Waals surface area (Å²) in [7, 11) is 0. The first-order chi connectivity index (χ1) is 6.44.